The van der Waals surface area contributed by atoms with Gasteiger partial charge >= 0.3 is 0 Å². The molecular formula is C10H9ClN2O2S. The molecule has 0 unspecified atom stereocenters. The van der Waals surface area contributed by atoms with Gasteiger partial charge in [0.25, 0.3) is 0 Å². The van der Waals surface area contributed by atoms with Gasteiger partial charge in [0.15, 0.2) is 0 Å². The summed E-state index contributed by atoms with van der Waals surface area (Å²) in [6, 6.07) is 5.30. The van der Waals surface area contributed by atoms with E-state index in [9.17, 15) is 8.42 Å². The summed E-state index contributed by atoms with van der Waals surface area (Å²) in [6.45, 7) is 1.80. The summed E-state index contributed by atoms with van der Waals surface area (Å²) in [7, 11) is -3.79. The van der Waals surface area contributed by atoms with Crippen LogP contribution in [0.25, 0.3) is 10.8 Å². The van der Waals surface area contributed by atoms with Crippen molar-refractivity contribution < 1.29 is 8.42 Å². The first kappa shape index (κ1) is 11.3. The summed E-state index contributed by atoms with van der Waals surface area (Å²) in [4.78, 5) is 3.83. The molecule has 0 aliphatic heterocycles. The number of nitrogens with two attached hydrogens (primary N) is 1. The van der Waals surface area contributed by atoms with Crippen LogP contribution in [-0.2, 0) is 10.0 Å². The van der Waals surface area contributed by atoms with Gasteiger partial charge in [0.2, 0.25) is 10.0 Å². The van der Waals surface area contributed by atoms with Crippen LogP contribution in [-0.4, -0.2) is 13.4 Å². The van der Waals surface area contributed by atoms with Crippen molar-refractivity contribution in [2.75, 3.05) is 0 Å². The normalized spacial score (nSPS) is 11.9. The van der Waals surface area contributed by atoms with Gasteiger partial charge in [0, 0.05) is 17.0 Å². The summed E-state index contributed by atoms with van der Waals surface area (Å²) in [5.41, 5.74) is 0.797. The Morgan fingerprint density at radius 2 is 2.06 bits per heavy atom. The van der Waals surface area contributed by atoms with Gasteiger partial charge in [-0.25, -0.2) is 18.5 Å². The first-order valence-corrected chi connectivity index (χ1v) is 6.40. The van der Waals surface area contributed by atoms with E-state index in [0.29, 0.717) is 10.8 Å². The second kappa shape index (κ2) is 3.69. The number of rotatable bonds is 1. The summed E-state index contributed by atoms with van der Waals surface area (Å²) >= 11 is 5.90. The lowest BCUT2D eigenvalue weighted by atomic mass is 10.1. The Labute approximate surface area is 98.1 Å². The summed E-state index contributed by atoms with van der Waals surface area (Å²) < 4.78 is 22.8. The number of fused-ring (bicyclic) bond motifs is 1. The lowest BCUT2D eigenvalue weighted by Crippen LogP contribution is -2.13. The number of nitrogens with zero attached hydrogens (tertiary/aromatic N) is 1. The number of aromatic nitrogens is 1. The van der Waals surface area contributed by atoms with Crippen LogP contribution in [0.1, 0.15) is 5.56 Å². The molecule has 2 N–H and O–H groups in total. The molecule has 1 aromatic carbocycles. The molecule has 6 heteroatoms. The molecule has 0 aliphatic carbocycles. The highest BCUT2D eigenvalue weighted by molar-refractivity contribution is 7.89. The number of hydrogen-bond donors (Lipinski definition) is 1. The number of primary sulfonamides is 1. The predicted octanol–water partition coefficient (Wildman–Crippen LogP) is 1.84. The molecule has 0 bridgehead atoms. The lowest BCUT2D eigenvalue weighted by Gasteiger charge is -2.07. The monoisotopic (exact) mass is 256 g/mol. The van der Waals surface area contributed by atoms with Crippen LogP contribution in [0, 0.1) is 6.92 Å². The minimum atomic E-state index is -3.79. The van der Waals surface area contributed by atoms with Gasteiger partial charge in [-0.05, 0) is 12.5 Å². The second-order valence-corrected chi connectivity index (χ2v) is 5.34. The van der Waals surface area contributed by atoms with Crippen LogP contribution in [0.3, 0.4) is 0 Å². The van der Waals surface area contributed by atoms with E-state index in [-0.39, 0.29) is 10.0 Å². The molecule has 1 heterocycles. The molecule has 0 radical (unpaired) electrons. The molecule has 0 amide bonds. The number of benzene rings is 1. The van der Waals surface area contributed by atoms with E-state index in [1.165, 1.54) is 6.20 Å². The first-order valence-electron chi connectivity index (χ1n) is 4.48. The van der Waals surface area contributed by atoms with Gasteiger partial charge in [0.1, 0.15) is 10.0 Å². The van der Waals surface area contributed by atoms with Crippen molar-refractivity contribution in [3.05, 3.63) is 35.1 Å². The van der Waals surface area contributed by atoms with E-state index in [1.807, 2.05) is 0 Å². The van der Waals surface area contributed by atoms with Gasteiger partial charge in [-0.2, -0.15) is 0 Å². The molecule has 16 heavy (non-hydrogen) atoms. The van der Waals surface area contributed by atoms with Crippen LogP contribution in [0.5, 0.6) is 0 Å². The van der Waals surface area contributed by atoms with Crippen molar-refractivity contribution in [3.63, 3.8) is 0 Å². The van der Waals surface area contributed by atoms with E-state index >= 15 is 0 Å². The van der Waals surface area contributed by atoms with Crippen molar-refractivity contribution in [2.45, 2.75) is 11.8 Å². The minimum absolute atomic E-state index is 0.00463. The van der Waals surface area contributed by atoms with Gasteiger partial charge in [-0.15, -0.1) is 0 Å². The molecule has 0 aliphatic rings. The largest absolute Gasteiger partial charge is 0.242 e. The maximum Gasteiger partial charge on any atom is 0.240 e. The quantitative estimate of drug-likeness (QED) is 0.792. The number of sulfonamides is 1. The van der Waals surface area contributed by atoms with Crippen LogP contribution in [0.15, 0.2) is 29.3 Å². The predicted molar refractivity (Wildman–Crippen MR) is 62.9 cm³/mol. The van der Waals surface area contributed by atoms with Crippen molar-refractivity contribution in [1.82, 2.24) is 4.98 Å². The number of hydrogen-bond acceptors (Lipinski definition) is 3. The topological polar surface area (TPSA) is 73.0 Å². The number of aryl methyl sites for hydroxylation is 1. The Morgan fingerprint density at radius 1 is 1.38 bits per heavy atom. The average molecular weight is 257 g/mol. The van der Waals surface area contributed by atoms with Crippen molar-refractivity contribution in [2.24, 2.45) is 5.14 Å². The second-order valence-electron chi connectivity index (χ2n) is 3.46. The van der Waals surface area contributed by atoms with Gasteiger partial charge in [-0.1, -0.05) is 29.8 Å². The fourth-order valence-electron chi connectivity index (χ4n) is 1.63. The molecule has 0 spiro atoms. The molecule has 0 atom stereocenters. The first-order chi connectivity index (χ1) is 7.41. The molecule has 1 aromatic heterocycles. The van der Waals surface area contributed by atoms with Crippen molar-refractivity contribution in [1.29, 1.82) is 0 Å². The summed E-state index contributed by atoms with van der Waals surface area (Å²) in [5.74, 6) is 0. The third kappa shape index (κ3) is 1.77. The van der Waals surface area contributed by atoms with Gasteiger partial charge < -0.3 is 0 Å². The third-order valence-corrected chi connectivity index (χ3v) is 3.57. The van der Waals surface area contributed by atoms with Gasteiger partial charge in [-0.3, -0.25) is 0 Å². The van der Waals surface area contributed by atoms with E-state index < -0.39 is 10.0 Å². The molecule has 0 saturated carbocycles. The standard InChI is InChI=1S/C10H9ClN2O2S/c1-6-3-2-4-7-9(6)8(16(12,14)15)5-13-10(7)11/h2-5H,1H3,(H2,12,14,15). The average Bonchev–Trinajstić information content (AvgIpc) is 2.18. The van der Waals surface area contributed by atoms with Gasteiger partial charge in [0.05, 0.1) is 0 Å². The van der Waals surface area contributed by atoms with E-state index in [1.54, 1.807) is 25.1 Å². The van der Waals surface area contributed by atoms with Crippen LogP contribution >= 0.6 is 11.6 Å². The zero-order chi connectivity index (χ0) is 11.9. The maximum absolute atomic E-state index is 11.4. The highest BCUT2D eigenvalue weighted by Gasteiger charge is 2.16. The van der Waals surface area contributed by atoms with Crippen molar-refractivity contribution >= 4 is 32.4 Å². The summed E-state index contributed by atoms with van der Waals surface area (Å²) in [6.07, 6.45) is 1.19. The van der Waals surface area contributed by atoms with Crippen LogP contribution in [0.2, 0.25) is 5.15 Å². The Balaban J connectivity index is 3.04. The minimum Gasteiger partial charge on any atom is -0.242 e. The van der Waals surface area contributed by atoms with Crippen molar-refractivity contribution in [3.8, 4) is 0 Å². The molecule has 2 aromatic rings. The zero-order valence-electron chi connectivity index (χ0n) is 8.44. The Morgan fingerprint density at radius 3 is 2.69 bits per heavy atom. The summed E-state index contributed by atoms with van der Waals surface area (Å²) in [5, 5.41) is 6.52. The lowest BCUT2D eigenvalue weighted by molar-refractivity contribution is 0.598. The molecular weight excluding hydrogens is 248 g/mol. The Bertz CT molecular complexity index is 668. The number of pyridine rings is 1. The third-order valence-electron chi connectivity index (χ3n) is 2.34. The zero-order valence-corrected chi connectivity index (χ0v) is 10.0. The SMILES string of the molecule is Cc1cccc2c(Cl)ncc(S(N)(=O)=O)c12. The molecule has 84 valence electrons. The van der Waals surface area contributed by atoms with E-state index in [4.69, 9.17) is 16.7 Å². The molecule has 0 fully saturated rings. The highest BCUT2D eigenvalue weighted by atomic mass is 35.5. The Hall–Kier alpha value is -1.17. The highest BCUT2D eigenvalue weighted by Crippen LogP contribution is 2.29. The van der Waals surface area contributed by atoms with Crippen LogP contribution in [0.4, 0.5) is 0 Å². The molecule has 2 rings (SSSR count). The van der Waals surface area contributed by atoms with E-state index in [0.717, 1.165) is 5.56 Å². The smallest absolute Gasteiger partial charge is 0.240 e. The molecule has 4 nitrogen and oxygen atoms in total. The van der Waals surface area contributed by atoms with E-state index in [2.05, 4.69) is 4.98 Å². The van der Waals surface area contributed by atoms with Crippen LogP contribution < -0.4 is 5.14 Å². The fourth-order valence-corrected chi connectivity index (χ4v) is 2.59. The number of halogens is 1. The Kier molecular flexibility index (Phi) is 2.61. The fraction of sp³-hybridized carbons (Fsp3) is 0.100. The maximum atomic E-state index is 11.4. The molecule has 0 saturated heterocycles.